The molecular formula is C19H15INOP. The van der Waals surface area contributed by atoms with Crippen LogP contribution >= 0.6 is 29.9 Å². The Morgan fingerprint density at radius 2 is 1.57 bits per heavy atom. The molecule has 3 aromatic carbocycles. The fourth-order valence-corrected chi connectivity index (χ4v) is 6.53. The minimum Gasteiger partial charge on any atom is -0.318 e. The predicted molar refractivity (Wildman–Crippen MR) is 106 cm³/mol. The number of fused-ring (bicyclic) bond motifs is 3. The SMILES string of the molecule is CN1c2ccc(I)cc2-c2ccccc2[P@@]1(=O)c1ccccc1. The van der Waals surface area contributed by atoms with Gasteiger partial charge in [0.1, 0.15) is 0 Å². The molecular weight excluding hydrogens is 416 g/mol. The molecule has 0 radical (unpaired) electrons. The Kier molecular flexibility index (Phi) is 3.58. The van der Waals surface area contributed by atoms with Gasteiger partial charge in [-0.25, -0.2) is 0 Å². The minimum absolute atomic E-state index is 0.874. The second kappa shape index (κ2) is 5.50. The van der Waals surface area contributed by atoms with Crippen LogP contribution in [0, 0.1) is 3.57 Å². The van der Waals surface area contributed by atoms with Gasteiger partial charge in [-0.15, -0.1) is 0 Å². The first kappa shape index (κ1) is 15.0. The lowest BCUT2D eigenvalue weighted by Crippen LogP contribution is -2.33. The van der Waals surface area contributed by atoms with Gasteiger partial charge in [-0.3, -0.25) is 4.57 Å². The summed E-state index contributed by atoms with van der Waals surface area (Å²) in [6.07, 6.45) is 0. The average Bonchev–Trinajstić information content (AvgIpc) is 2.60. The van der Waals surface area contributed by atoms with Crippen molar-refractivity contribution in [3.63, 3.8) is 0 Å². The lowest BCUT2D eigenvalue weighted by Gasteiger charge is -2.37. The molecule has 4 rings (SSSR count). The molecule has 0 amide bonds. The Balaban J connectivity index is 2.08. The van der Waals surface area contributed by atoms with Crippen LogP contribution in [0.15, 0.2) is 72.8 Å². The third-order valence-corrected chi connectivity index (χ3v) is 8.13. The highest BCUT2D eigenvalue weighted by molar-refractivity contribution is 14.1. The van der Waals surface area contributed by atoms with E-state index < -0.39 is 7.29 Å². The van der Waals surface area contributed by atoms with E-state index in [1.807, 2.05) is 60.2 Å². The van der Waals surface area contributed by atoms with Gasteiger partial charge in [-0.1, -0.05) is 36.4 Å². The number of hydrogen-bond donors (Lipinski definition) is 0. The first-order chi connectivity index (χ1) is 11.1. The van der Waals surface area contributed by atoms with E-state index in [4.69, 9.17) is 0 Å². The van der Waals surface area contributed by atoms with Gasteiger partial charge >= 0.3 is 0 Å². The zero-order chi connectivity index (χ0) is 16.0. The van der Waals surface area contributed by atoms with Crippen molar-refractivity contribution < 1.29 is 4.57 Å². The highest BCUT2D eigenvalue weighted by atomic mass is 127. The van der Waals surface area contributed by atoms with E-state index in [0.29, 0.717) is 0 Å². The number of benzene rings is 3. The second-order valence-corrected chi connectivity index (χ2v) is 9.61. The molecule has 23 heavy (non-hydrogen) atoms. The monoisotopic (exact) mass is 431 g/mol. The highest BCUT2D eigenvalue weighted by Gasteiger charge is 2.39. The van der Waals surface area contributed by atoms with E-state index in [1.165, 1.54) is 3.57 Å². The summed E-state index contributed by atoms with van der Waals surface area (Å²) >= 11 is 2.32. The van der Waals surface area contributed by atoms with Crippen molar-refractivity contribution in [3.8, 4) is 11.1 Å². The molecule has 0 saturated carbocycles. The van der Waals surface area contributed by atoms with E-state index in [9.17, 15) is 4.57 Å². The number of halogens is 1. The summed E-state index contributed by atoms with van der Waals surface area (Å²) in [5, 5.41) is 1.79. The first-order valence-corrected chi connectivity index (χ1v) is 10.2. The predicted octanol–water partition coefficient (Wildman–Crippen LogP) is 4.64. The van der Waals surface area contributed by atoms with E-state index in [2.05, 4.69) is 46.9 Å². The van der Waals surface area contributed by atoms with Crippen molar-refractivity contribution in [2.75, 3.05) is 11.7 Å². The largest absolute Gasteiger partial charge is 0.318 e. The van der Waals surface area contributed by atoms with Crippen LogP contribution in [0.1, 0.15) is 0 Å². The molecule has 1 aliphatic heterocycles. The summed E-state index contributed by atoms with van der Waals surface area (Å²) in [4.78, 5) is 0. The third kappa shape index (κ3) is 2.18. The number of rotatable bonds is 1. The quantitative estimate of drug-likeness (QED) is 0.414. The standard InChI is InChI=1S/C19H15INOP/c1-21-18-12-11-14(20)13-17(18)16-9-5-6-10-19(16)23(21,22)15-7-3-2-4-8-15/h2-13H,1H3/t23-/m0/s1. The van der Waals surface area contributed by atoms with Gasteiger partial charge in [0.25, 0.3) is 0 Å². The van der Waals surface area contributed by atoms with E-state index in [1.54, 1.807) is 0 Å². The Labute approximate surface area is 149 Å². The Hall–Kier alpha value is -1.58. The van der Waals surface area contributed by atoms with Gasteiger partial charge in [-0.05, 0) is 64.6 Å². The first-order valence-electron chi connectivity index (χ1n) is 7.42. The Morgan fingerprint density at radius 3 is 2.35 bits per heavy atom. The molecule has 114 valence electrons. The molecule has 0 aliphatic carbocycles. The van der Waals surface area contributed by atoms with Crippen molar-refractivity contribution in [1.82, 2.24) is 0 Å². The zero-order valence-electron chi connectivity index (χ0n) is 12.6. The van der Waals surface area contributed by atoms with E-state index in [-0.39, 0.29) is 0 Å². The maximum atomic E-state index is 14.2. The lowest BCUT2D eigenvalue weighted by molar-refractivity contribution is 0.586. The minimum atomic E-state index is -2.86. The molecule has 3 aromatic rings. The fraction of sp³-hybridized carbons (Fsp3) is 0.0526. The van der Waals surface area contributed by atoms with Crippen LogP contribution in [-0.2, 0) is 4.57 Å². The van der Waals surface area contributed by atoms with E-state index >= 15 is 0 Å². The Morgan fingerprint density at radius 1 is 0.870 bits per heavy atom. The van der Waals surface area contributed by atoms with Crippen LogP contribution in [-0.4, -0.2) is 7.05 Å². The van der Waals surface area contributed by atoms with Gasteiger partial charge in [0.2, 0.25) is 7.29 Å². The number of nitrogens with zero attached hydrogens (tertiary/aromatic N) is 1. The molecule has 1 aliphatic rings. The molecule has 0 aromatic heterocycles. The van der Waals surface area contributed by atoms with Crippen molar-refractivity contribution >= 4 is 46.2 Å². The van der Waals surface area contributed by atoms with Gasteiger partial charge < -0.3 is 4.67 Å². The second-order valence-electron chi connectivity index (χ2n) is 5.61. The normalized spacial score (nSPS) is 19.1. The van der Waals surface area contributed by atoms with Crippen LogP contribution < -0.4 is 15.3 Å². The highest BCUT2D eigenvalue weighted by Crippen LogP contribution is 2.56. The van der Waals surface area contributed by atoms with Gasteiger partial charge in [0.05, 0.1) is 5.69 Å². The van der Waals surface area contributed by atoms with Crippen LogP contribution in [0.4, 0.5) is 5.69 Å². The van der Waals surface area contributed by atoms with Crippen molar-refractivity contribution in [3.05, 3.63) is 76.4 Å². The molecule has 0 bridgehead atoms. The molecule has 1 heterocycles. The molecule has 0 N–H and O–H groups in total. The summed E-state index contributed by atoms with van der Waals surface area (Å²) in [6, 6.07) is 24.2. The molecule has 0 unspecified atom stereocenters. The zero-order valence-corrected chi connectivity index (χ0v) is 15.7. The summed E-state index contributed by atoms with van der Waals surface area (Å²) < 4.78 is 17.3. The summed E-state index contributed by atoms with van der Waals surface area (Å²) in [5.41, 5.74) is 3.25. The molecule has 2 nitrogen and oxygen atoms in total. The van der Waals surface area contributed by atoms with Crippen LogP contribution in [0.5, 0.6) is 0 Å². The summed E-state index contributed by atoms with van der Waals surface area (Å²) in [5.74, 6) is 0. The molecule has 1 atom stereocenters. The maximum absolute atomic E-state index is 14.2. The number of hydrogen-bond acceptors (Lipinski definition) is 1. The molecule has 0 fully saturated rings. The van der Waals surface area contributed by atoms with Gasteiger partial charge in [0.15, 0.2) is 0 Å². The van der Waals surface area contributed by atoms with E-state index in [0.717, 1.165) is 27.4 Å². The van der Waals surface area contributed by atoms with Crippen LogP contribution in [0.2, 0.25) is 0 Å². The van der Waals surface area contributed by atoms with Crippen LogP contribution in [0.25, 0.3) is 11.1 Å². The van der Waals surface area contributed by atoms with Crippen molar-refractivity contribution in [1.29, 1.82) is 0 Å². The van der Waals surface area contributed by atoms with Crippen molar-refractivity contribution in [2.45, 2.75) is 0 Å². The summed E-state index contributed by atoms with van der Waals surface area (Å²) in [7, 11) is -0.923. The maximum Gasteiger partial charge on any atom is 0.230 e. The number of anilines is 1. The molecule has 0 saturated heterocycles. The van der Waals surface area contributed by atoms with Crippen molar-refractivity contribution in [2.24, 2.45) is 0 Å². The lowest BCUT2D eigenvalue weighted by atomic mass is 10.0. The molecule has 4 heteroatoms. The fourth-order valence-electron chi connectivity index (χ4n) is 3.23. The smallest absolute Gasteiger partial charge is 0.230 e. The average molecular weight is 431 g/mol. The molecule has 0 spiro atoms. The third-order valence-electron chi connectivity index (χ3n) is 4.36. The topological polar surface area (TPSA) is 20.3 Å². The van der Waals surface area contributed by atoms with Crippen LogP contribution in [0.3, 0.4) is 0 Å². The summed E-state index contributed by atoms with van der Waals surface area (Å²) in [6.45, 7) is 0. The van der Waals surface area contributed by atoms with Gasteiger partial charge in [-0.2, -0.15) is 0 Å². The Bertz CT molecular complexity index is 939. The van der Waals surface area contributed by atoms with Gasteiger partial charge in [0, 0.05) is 26.8 Å².